The van der Waals surface area contributed by atoms with Crippen molar-refractivity contribution in [2.45, 2.75) is 51.0 Å². The highest BCUT2D eigenvalue weighted by molar-refractivity contribution is 14.1. The summed E-state index contributed by atoms with van der Waals surface area (Å²) in [6.45, 7) is 0.473. The first-order chi connectivity index (χ1) is 13.5. The molecule has 0 aromatic heterocycles. The van der Waals surface area contributed by atoms with E-state index in [1.807, 2.05) is 0 Å². The minimum atomic E-state index is -0.962. The number of carbonyl (C=O) groups excluding carboxylic acids is 4. The zero-order valence-electron chi connectivity index (χ0n) is 15.5. The van der Waals surface area contributed by atoms with Crippen LogP contribution in [0.15, 0.2) is 18.2 Å². The van der Waals surface area contributed by atoms with E-state index in [0.29, 0.717) is 12.4 Å². The van der Waals surface area contributed by atoms with Gasteiger partial charge in [-0.2, -0.15) is 0 Å². The van der Waals surface area contributed by atoms with Crippen LogP contribution < -0.4 is 10.1 Å². The fraction of sp³-hybridized carbons (Fsp3) is 0.500. The van der Waals surface area contributed by atoms with E-state index in [2.05, 4.69) is 27.9 Å². The van der Waals surface area contributed by atoms with Crippen molar-refractivity contribution in [2.24, 2.45) is 0 Å². The van der Waals surface area contributed by atoms with Gasteiger partial charge in [0.2, 0.25) is 11.8 Å². The molecule has 0 saturated carbocycles. The Bertz CT molecular complexity index is 795. The van der Waals surface area contributed by atoms with Gasteiger partial charge in [-0.15, -0.1) is 0 Å². The lowest BCUT2D eigenvalue weighted by Gasteiger charge is -2.27. The quantitative estimate of drug-likeness (QED) is 0.245. The summed E-state index contributed by atoms with van der Waals surface area (Å²) >= 11 is 2.37. The maximum atomic E-state index is 12.9. The number of ether oxygens (including phenoxy) is 1. The number of nitrogens with one attached hydrogen (secondary N) is 1. The molecule has 7 nitrogen and oxygen atoms in total. The normalized spacial score (nSPS) is 19.0. The van der Waals surface area contributed by atoms with Crippen LogP contribution in [0.2, 0.25) is 0 Å². The van der Waals surface area contributed by atoms with Crippen LogP contribution in [0.3, 0.4) is 0 Å². The third-order valence-electron chi connectivity index (χ3n) is 4.97. The molecule has 3 rings (SSSR count). The Hall–Kier alpha value is -1.97. The van der Waals surface area contributed by atoms with Crippen LogP contribution in [0.5, 0.6) is 5.75 Å². The number of piperidine rings is 1. The summed E-state index contributed by atoms with van der Waals surface area (Å²) in [4.78, 5) is 50.1. The molecule has 1 saturated heterocycles. The third-order valence-corrected chi connectivity index (χ3v) is 5.73. The number of imide groups is 2. The van der Waals surface area contributed by atoms with Gasteiger partial charge in [0.1, 0.15) is 11.8 Å². The van der Waals surface area contributed by atoms with Crippen LogP contribution in [0, 0.1) is 0 Å². The number of hydrogen-bond donors (Lipinski definition) is 1. The van der Waals surface area contributed by atoms with Gasteiger partial charge in [0.05, 0.1) is 17.7 Å². The molecule has 0 bridgehead atoms. The Kier molecular flexibility index (Phi) is 7.03. The van der Waals surface area contributed by atoms with Crippen LogP contribution in [0.25, 0.3) is 0 Å². The number of alkyl halides is 1. The van der Waals surface area contributed by atoms with Gasteiger partial charge in [-0.05, 0) is 35.8 Å². The summed E-state index contributed by atoms with van der Waals surface area (Å²) in [5.74, 6) is -1.68. The molecule has 8 heteroatoms. The topological polar surface area (TPSA) is 92.8 Å². The average Bonchev–Trinajstić information content (AvgIpc) is 2.93. The predicted molar refractivity (Wildman–Crippen MR) is 111 cm³/mol. The molecular formula is C20H23IN2O5. The van der Waals surface area contributed by atoms with Crippen molar-refractivity contribution in [2.75, 3.05) is 11.0 Å². The van der Waals surface area contributed by atoms with Crippen molar-refractivity contribution in [1.29, 1.82) is 0 Å². The van der Waals surface area contributed by atoms with Crippen molar-refractivity contribution < 1.29 is 23.9 Å². The van der Waals surface area contributed by atoms with E-state index in [1.165, 1.54) is 17.3 Å². The molecule has 0 radical (unpaired) electrons. The summed E-state index contributed by atoms with van der Waals surface area (Å²) in [5, 5.41) is 2.20. The number of unbranched alkanes of at least 4 members (excludes halogenated alkanes) is 4. The molecule has 150 valence electrons. The van der Waals surface area contributed by atoms with Crippen LogP contribution in [-0.2, 0) is 9.59 Å². The number of carbonyl (C=O) groups is 4. The van der Waals surface area contributed by atoms with E-state index in [1.54, 1.807) is 18.2 Å². The van der Waals surface area contributed by atoms with Crippen LogP contribution in [0.1, 0.15) is 65.7 Å². The summed E-state index contributed by atoms with van der Waals surface area (Å²) in [7, 11) is 0. The Labute approximate surface area is 177 Å². The zero-order chi connectivity index (χ0) is 20.1. The molecule has 2 aliphatic rings. The Morgan fingerprint density at radius 1 is 1.04 bits per heavy atom. The van der Waals surface area contributed by atoms with Gasteiger partial charge in [0.15, 0.2) is 0 Å². The Morgan fingerprint density at radius 3 is 2.54 bits per heavy atom. The van der Waals surface area contributed by atoms with Crippen molar-refractivity contribution in [3.63, 3.8) is 0 Å². The first kappa shape index (κ1) is 20.8. The van der Waals surface area contributed by atoms with E-state index in [9.17, 15) is 19.2 Å². The summed E-state index contributed by atoms with van der Waals surface area (Å²) in [5.41, 5.74) is 0.455. The van der Waals surface area contributed by atoms with Gasteiger partial charge in [0.25, 0.3) is 11.8 Å². The summed E-state index contributed by atoms with van der Waals surface area (Å²) < 4.78 is 6.97. The standard InChI is InChI=1S/C20H23IN2O5/c21-11-4-2-1-3-5-12-28-15-8-6-7-13-17(15)20(27)23(19(13)26)14-9-10-16(24)22-18(14)25/h6-8,14H,1-5,9-12H2,(H,22,24,25). The molecule has 2 aliphatic heterocycles. The molecule has 1 aromatic rings. The summed E-state index contributed by atoms with van der Waals surface area (Å²) in [6.07, 6.45) is 5.76. The second-order valence-corrected chi connectivity index (χ2v) is 8.01. The average molecular weight is 498 g/mol. The van der Waals surface area contributed by atoms with Crippen LogP contribution in [0.4, 0.5) is 0 Å². The van der Waals surface area contributed by atoms with Gasteiger partial charge in [0, 0.05) is 6.42 Å². The number of rotatable bonds is 9. The van der Waals surface area contributed by atoms with E-state index >= 15 is 0 Å². The molecule has 2 heterocycles. The fourth-order valence-electron chi connectivity index (χ4n) is 3.51. The fourth-order valence-corrected chi connectivity index (χ4v) is 4.05. The predicted octanol–water partition coefficient (Wildman–Crippen LogP) is 2.85. The molecule has 28 heavy (non-hydrogen) atoms. The Balaban J connectivity index is 1.66. The highest BCUT2D eigenvalue weighted by atomic mass is 127. The lowest BCUT2D eigenvalue weighted by Crippen LogP contribution is -2.54. The first-order valence-corrected chi connectivity index (χ1v) is 11.1. The van der Waals surface area contributed by atoms with Crippen LogP contribution >= 0.6 is 22.6 Å². The molecule has 1 N–H and O–H groups in total. The second-order valence-electron chi connectivity index (χ2n) is 6.93. The van der Waals surface area contributed by atoms with Crippen LogP contribution in [-0.4, -0.2) is 45.6 Å². The van der Waals surface area contributed by atoms with Gasteiger partial charge in [-0.3, -0.25) is 29.4 Å². The number of hydrogen-bond acceptors (Lipinski definition) is 5. The largest absolute Gasteiger partial charge is 0.493 e. The van der Waals surface area contributed by atoms with E-state index in [0.717, 1.165) is 24.2 Å². The Morgan fingerprint density at radius 2 is 1.79 bits per heavy atom. The zero-order valence-corrected chi connectivity index (χ0v) is 17.7. The molecule has 1 aromatic carbocycles. The monoisotopic (exact) mass is 498 g/mol. The lowest BCUT2D eigenvalue weighted by atomic mass is 10.0. The molecule has 0 spiro atoms. The van der Waals surface area contributed by atoms with E-state index in [-0.39, 0.29) is 29.9 Å². The number of fused-ring (bicyclic) bond motifs is 1. The van der Waals surface area contributed by atoms with Gasteiger partial charge < -0.3 is 4.74 Å². The van der Waals surface area contributed by atoms with Crippen molar-refractivity contribution in [3.8, 4) is 5.75 Å². The molecule has 0 aliphatic carbocycles. The van der Waals surface area contributed by atoms with Gasteiger partial charge in [-0.25, -0.2) is 0 Å². The van der Waals surface area contributed by atoms with Crippen molar-refractivity contribution in [1.82, 2.24) is 10.2 Å². The van der Waals surface area contributed by atoms with E-state index in [4.69, 9.17) is 4.74 Å². The maximum absolute atomic E-state index is 12.9. The molecular weight excluding hydrogens is 475 g/mol. The SMILES string of the molecule is O=C1CCC(N2C(=O)c3cccc(OCCCCCCCI)c3C2=O)C(=O)N1. The smallest absolute Gasteiger partial charge is 0.266 e. The molecule has 1 fully saturated rings. The number of halogens is 1. The molecule has 4 amide bonds. The molecule has 1 unspecified atom stereocenters. The second kappa shape index (κ2) is 9.49. The third kappa shape index (κ3) is 4.37. The lowest BCUT2D eigenvalue weighted by molar-refractivity contribution is -0.136. The number of benzene rings is 1. The minimum absolute atomic E-state index is 0.102. The summed E-state index contributed by atoms with van der Waals surface area (Å²) in [6, 6.07) is 3.95. The minimum Gasteiger partial charge on any atom is -0.493 e. The van der Waals surface area contributed by atoms with Crippen molar-refractivity contribution in [3.05, 3.63) is 29.3 Å². The van der Waals surface area contributed by atoms with Crippen molar-refractivity contribution >= 4 is 46.2 Å². The maximum Gasteiger partial charge on any atom is 0.266 e. The van der Waals surface area contributed by atoms with Gasteiger partial charge in [-0.1, -0.05) is 47.9 Å². The van der Waals surface area contributed by atoms with Gasteiger partial charge >= 0.3 is 0 Å². The first-order valence-electron chi connectivity index (χ1n) is 9.58. The highest BCUT2D eigenvalue weighted by Crippen LogP contribution is 2.33. The highest BCUT2D eigenvalue weighted by Gasteiger charge is 2.45. The number of nitrogens with zero attached hydrogens (tertiary/aromatic N) is 1. The number of amides is 4. The molecule has 1 atom stereocenters. The van der Waals surface area contributed by atoms with E-state index < -0.39 is 23.8 Å².